The van der Waals surface area contributed by atoms with Gasteiger partial charge in [0.15, 0.2) is 0 Å². The van der Waals surface area contributed by atoms with E-state index in [-0.39, 0.29) is 30.3 Å². The summed E-state index contributed by atoms with van der Waals surface area (Å²) in [5.41, 5.74) is 5.58. The van der Waals surface area contributed by atoms with Crippen LogP contribution < -0.4 is 10.1 Å². The van der Waals surface area contributed by atoms with Gasteiger partial charge in [-0.3, -0.25) is 4.79 Å². The number of amides is 1. The lowest BCUT2D eigenvalue weighted by Crippen LogP contribution is -2.36. The lowest BCUT2D eigenvalue weighted by Gasteiger charge is -2.33. The largest absolute Gasteiger partial charge is 0.489 e. The highest BCUT2D eigenvalue weighted by Crippen LogP contribution is 2.40. The molecule has 4 aromatic carbocycles. The van der Waals surface area contributed by atoms with Gasteiger partial charge < -0.3 is 15.0 Å². The first-order valence-corrected chi connectivity index (χ1v) is 13.9. The Labute approximate surface area is 238 Å². The molecule has 0 aliphatic carbocycles. The van der Waals surface area contributed by atoms with E-state index in [1.54, 1.807) is 0 Å². The Morgan fingerprint density at radius 2 is 1.69 bits per heavy atom. The summed E-state index contributed by atoms with van der Waals surface area (Å²) in [4.78, 5) is 15.1. The fourth-order valence-electron chi connectivity index (χ4n) is 5.70. The Hall–Kier alpha value is -3.34. The van der Waals surface area contributed by atoms with E-state index in [1.807, 2.05) is 31.7 Å². The van der Waals surface area contributed by atoms with Crippen LogP contribution in [-0.4, -0.2) is 43.1 Å². The van der Waals surface area contributed by atoms with Crippen molar-refractivity contribution >= 4 is 29.1 Å². The third kappa shape index (κ3) is 6.29. The Balaban J connectivity index is 0.00000353. The highest BCUT2D eigenvalue weighted by Gasteiger charge is 2.30. The molecule has 1 aliphatic rings. The smallest absolute Gasteiger partial charge is 0.254 e. The van der Waals surface area contributed by atoms with Crippen LogP contribution in [0.15, 0.2) is 84.9 Å². The van der Waals surface area contributed by atoms with E-state index in [9.17, 15) is 4.79 Å². The van der Waals surface area contributed by atoms with Crippen molar-refractivity contribution in [3.63, 3.8) is 0 Å². The first-order chi connectivity index (χ1) is 18.6. The summed E-state index contributed by atoms with van der Waals surface area (Å²) in [5.74, 6) is 1.25. The molecule has 0 radical (unpaired) electrons. The second kappa shape index (κ2) is 13.1. The zero-order valence-corrected chi connectivity index (χ0v) is 24.0. The molecule has 0 spiro atoms. The minimum Gasteiger partial charge on any atom is -0.489 e. The molecule has 2 atom stereocenters. The Kier molecular flexibility index (Phi) is 9.66. The summed E-state index contributed by atoms with van der Waals surface area (Å²) >= 11 is 0. The molecule has 5 heteroatoms. The standard InChI is InChI=1S/C34H38N2O2.ClH/c1-4-36(5-2)34(37)31-21-27(18-17-24(31)3)32-22-28(38-33-16-9-8-15-30(32)33)23-35-20-19-26-13-10-12-25-11-6-7-14-29(25)26;/h6-18,21,28,32,35H,4-5,19-20,22-23H2,1-3H3;1H. The highest BCUT2D eigenvalue weighted by molar-refractivity contribution is 5.96. The van der Waals surface area contributed by atoms with Crippen molar-refractivity contribution in [2.75, 3.05) is 26.2 Å². The summed E-state index contributed by atoms with van der Waals surface area (Å²) in [5, 5.41) is 6.27. The number of carbonyl (C=O) groups excluding carboxylic acids is 1. The number of ether oxygens (including phenoxy) is 1. The van der Waals surface area contributed by atoms with E-state index in [2.05, 4.69) is 84.2 Å². The fourth-order valence-corrected chi connectivity index (χ4v) is 5.70. The minimum atomic E-state index is 0. The van der Waals surface area contributed by atoms with E-state index in [0.717, 1.165) is 42.8 Å². The lowest BCUT2D eigenvalue weighted by molar-refractivity contribution is 0.0772. The number of aryl methyl sites for hydroxylation is 1. The molecular formula is C34H39ClN2O2. The molecule has 39 heavy (non-hydrogen) atoms. The number of hydrogen-bond donors (Lipinski definition) is 1. The first-order valence-electron chi connectivity index (χ1n) is 13.9. The molecule has 1 aliphatic heterocycles. The van der Waals surface area contributed by atoms with E-state index >= 15 is 0 Å². The molecular weight excluding hydrogens is 504 g/mol. The van der Waals surface area contributed by atoms with E-state index in [0.29, 0.717) is 13.1 Å². The Morgan fingerprint density at radius 3 is 2.51 bits per heavy atom. The summed E-state index contributed by atoms with van der Waals surface area (Å²) in [6.07, 6.45) is 1.91. The third-order valence-electron chi connectivity index (χ3n) is 7.85. The monoisotopic (exact) mass is 542 g/mol. The SMILES string of the molecule is CCN(CC)C(=O)c1cc(C2CC(CNCCc3cccc4ccccc34)Oc3ccccc32)ccc1C.Cl. The van der Waals surface area contributed by atoms with Gasteiger partial charge in [0.05, 0.1) is 0 Å². The van der Waals surface area contributed by atoms with Crippen LogP contribution in [0.5, 0.6) is 5.75 Å². The zero-order valence-electron chi connectivity index (χ0n) is 23.2. The molecule has 4 nitrogen and oxygen atoms in total. The normalized spacial score (nSPS) is 16.2. The second-order valence-electron chi connectivity index (χ2n) is 10.2. The predicted molar refractivity (Wildman–Crippen MR) is 164 cm³/mol. The molecule has 2 unspecified atom stereocenters. The summed E-state index contributed by atoms with van der Waals surface area (Å²) in [6.45, 7) is 9.21. The van der Waals surface area contributed by atoms with Crippen LogP contribution in [-0.2, 0) is 6.42 Å². The lowest BCUT2D eigenvalue weighted by atomic mass is 9.83. The number of hydrogen-bond acceptors (Lipinski definition) is 3. The van der Waals surface area contributed by atoms with Gasteiger partial charge in [-0.25, -0.2) is 0 Å². The van der Waals surface area contributed by atoms with E-state index in [1.165, 1.54) is 27.5 Å². The minimum absolute atomic E-state index is 0. The molecule has 0 saturated heterocycles. The predicted octanol–water partition coefficient (Wildman–Crippen LogP) is 7.17. The van der Waals surface area contributed by atoms with Gasteiger partial charge in [0.25, 0.3) is 5.91 Å². The van der Waals surface area contributed by atoms with Crippen LogP contribution in [0.2, 0.25) is 0 Å². The van der Waals surface area contributed by atoms with Crippen molar-refractivity contribution in [1.29, 1.82) is 0 Å². The van der Waals surface area contributed by atoms with Crippen molar-refractivity contribution in [2.24, 2.45) is 0 Å². The molecule has 5 rings (SSSR count). The van der Waals surface area contributed by atoms with Gasteiger partial charge in [-0.2, -0.15) is 0 Å². The second-order valence-corrected chi connectivity index (χ2v) is 10.2. The Bertz CT molecular complexity index is 1410. The first kappa shape index (κ1) is 28.7. The molecule has 1 N–H and O–H groups in total. The van der Waals surface area contributed by atoms with E-state index < -0.39 is 0 Å². The number of halogens is 1. The van der Waals surface area contributed by atoms with Crippen molar-refractivity contribution in [3.8, 4) is 5.75 Å². The molecule has 1 heterocycles. The number of nitrogens with one attached hydrogen (secondary N) is 1. The number of rotatable bonds is 9. The van der Waals surface area contributed by atoms with Crippen molar-refractivity contribution in [1.82, 2.24) is 10.2 Å². The van der Waals surface area contributed by atoms with Gasteiger partial charge in [-0.15, -0.1) is 12.4 Å². The van der Waals surface area contributed by atoms with Gasteiger partial charge in [0.2, 0.25) is 0 Å². The maximum Gasteiger partial charge on any atom is 0.254 e. The number of para-hydroxylation sites is 1. The highest BCUT2D eigenvalue weighted by atomic mass is 35.5. The molecule has 4 aromatic rings. The number of nitrogens with zero attached hydrogens (tertiary/aromatic N) is 1. The average Bonchev–Trinajstić information content (AvgIpc) is 2.96. The molecule has 0 bridgehead atoms. The van der Waals surface area contributed by atoms with Crippen LogP contribution in [0.4, 0.5) is 0 Å². The molecule has 0 fully saturated rings. The number of fused-ring (bicyclic) bond motifs is 2. The van der Waals surface area contributed by atoms with Gasteiger partial charge >= 0.3 is 0 Å². The quantitative estimate of drug-likeness (QED) is 0.228. The van der Waals surface area contributed by atoms with Gasteiger partial charge in [0.1, 0.15) is 11.9 Å². The van der Waals surface area contributed by atoms with Crippen LogP contribution in [0.3, 0.4) is 0 Å². The third-order valence-corrected chi connectivity index (χ3v) is 7.85. The summed E-state index contributed by atoms with van der Waals surface area (Å²) in [7, 11) is 0. The number of carbonyl (C=O) groups is 1. The fraction of sp³-hybridized carbons (Fsp3) is 0.324. The Morgan fingerprint density at radius 1 is 0.949 bits per heavy atom. The maximum absolute atomic E-state index is 13.2. The topological polar surface area (TPSA) is 41.6 Å². The maximum atomic E-state index is 13.2. The van der Waals surface area contributed by atoms with Crippen LogP contribution >= 0.6 is 12.4 Å². The average molecular weight is 543 g/mol. The molecule has 0 aromatic heterocycles. The van der Waals surface area contributed by atoms with Crippen LogP contribution in [0.1, 0.15) is 58.8 Å². The van der Waals surface area contributed by atoms with Crippen molar-refractivity contribution in [2.45, 2.75) is 45.6 Å². The summed E-state index contributed by atoms with van der Waals surface area (Å²) < 4.78 is 6.44. The molecule has 0 saturated carbocycles. The van der Waals surface area contributed by atoms with Crippen LogP contribution in [0.25, 0.3) is 10.8 Å². The van der Waals surface area contributed by atoms with Crippen LogP contribution in [0, 0.1) is 6.92 Å². The van der Waals surface area contributed by atoms with E-state index in [4.69, 9.17) is 4.74 Å². The zero-order chi connectivity index (χ0) is 26.5. The molecule has 1 amide bonds. The number of benzene rings is 4. The van der Waals surface area contributed by atoms with Gasteiger partial charge in [0, 0.05) is 36.7 Å². The molecule has 204 valence electrons. The van der Waals surface area contributed by atoms with Crippen molar-refractivity contribution < 1.29 is 9.53 Å². The summed E-state index contributed by atoms with van der Waals surface area (Å²) in [6, 6.07) is 29.9. The van der Waals surface area contributed by atoms with Crippen molar-refractivity contribution in [3.05, 3.63) is 113 Å². The van der Waals surface area contributed by atoms with Gasteiger partial charge in [-0.05, 0) is 79.8 Å². The van der Waals surface area contributed by atoms with Gasteiger partial charge in [-0.1, -0.05) is 72.8 Å².